The minimum absolute atomic E-state index is 0.178. The third kappa shape index (κ3) is 6.50. The highest BCUT2D eigenvalue weighted by atomic mass is 16.1. The van der Waals surface area contributed by atoms with Gasteiger partial charge in [-0.1, -0.05) is 0 Å². The molecule has 18 heavy (non-hydrogen) atoms. The maximum absolute atomic E-state index is 10.9. The number of carbonyl (C=O) groups excluding carboxylic acids is 2. The molecule has 6 N–H and O–H groups in total. The molecule has 104 valence electrons. The minimum atomic E-state index is -0.367. The molecule has 8 nitrogen and oxygen atoms in total. The Morgan fingerprint density at radius 2 is 1.56 bits per heavy atom. The molecule has 0 aromatic carbocycles. The Kier molecular flexibility index (Phi) is 6.58. The zero-order chi connectivity index (χ0) is 13.4. The van der Waals surface area contributed by atoms with Gasteiger partial charge >= 0.3 is 0 Å². The molecule has 0 aromatic rings. The number of hydrogen-bond acceptors (Lipinski definition) is 6. The van der Waals surface area contributed by atoms with Gasteiger partial charge in [-0.15, -0.1) is 0 Å². The normalized spacial score (nSPS) is 20.4. The largest absolute Gasteiger partial charge is 0.369 e. The molecular weight excluding hydrogens is 236 g/mol. The van der Waals surface area contributed by atoms with Crippen LogP contribution < -0.4 is 22.2 Å². The van der Waals surface area contributed by atoms with Crippen LogP contribution in [0.4, 0.5) is 0 Å². The third-order valence-corrected chi connectivity index (χ3v) is 2.65. The molecule has 0 saturated carbocycles. The summed E-state index contributed by atoms with van der Waals surface area (Å²) in [6.07, 6.45) is 0. The van der Waals surface area contributed by atoms with Crippen molar-refractivity contribution in [1.29, 1.82) is 0 Å². The van der Waals surface area contributed by atoms with Crippen LogP contribution in [0.5, 0.6) is 0 Å². The number of hydrogen-bond donors (Lipinski definition) is 4. The zero-order valence-electron chi connectivity index (χ0n) is 10.5. The molecule has 1 fully saturated rings. The molecule has 0 radical (unpaired) electrons. The van der Waals surface area contributed by atoms with E-state index in [9.17, 15) is 9.59 Å². The van der Waals surface area contributed by atoms with Gasteiger partial charge < -0.3 is 16.8 Å². The van der Waals surface area contributed by atoms with Gasteiger partial charge in [0.25, 0.3) is 0 Å². The fourth-order valence-electron chi connectivity index (χ4n) is 1.83. The average Bonchev–Trinajstić information content (AvgIpc) is 2.26. The van der Waals surface area contributed by atoms with Gasteiger partial charge in [-0.2, -0.15) is 0 Å². The second kappa shape index (κ2) is 7.98. The summed E-state index contributed by atoms with van der Waals surface area (Å²) in [7, 11) is 0. The van der Waals surface area contributed by atoms with Crippen LogP contribution in [0, 0.1) is 0 Å². The minimum Gasteiger partial charge on any atom is -0.369 e. The van der Waals surface area contributed by atoms with E-state index in [1.807, 2.05) is 4.90 Å². The average molecular weight is 258 g/mol. The molecule has 0 aromatic heterocycles. The molecule has 8 heteroatoms. The van der Waals surface area contributed by atoms with Gasteiger partial charge in [0.1, 0.15) is 0 Å². The first-order valence-electron chi connectivity index (χ1n) is 6.06. The Morgan fingerprint density at radius 1 is 0.944 bits per heavy atom. The Morgan fingerprint density at radius 3 is 2.22 bits per heavy atom. The summed E-state index contributed by atoms with van der Waals surface area (Å²) in [6.45, 7) is 4.80. The van der Waals surface area contributed by atoms with E-state index in [0.29, 0.717) is 19.6 Å². The van der Waals surface area contributed by atoms with Crippen molar-refractivity contribution >= 4 is 11.8 Å². The fourth-order valence-corrected chi connectivity index (χ4v) is 1.83. The summed E-state index contributed by atoms with van der Waals surface area (Å²) in [4.78, 5) is 23.7. The number of rotatable bonds is 4. The standard InChI is InChI=1S/C10H22N6O2/c11-9(17)7-15-4-1-13-2-6-16(8-10(12)18)14-3-5-15/h13-14H,1-8H2,(H2,11,17)(H2,12,18). The molecule has 0 bridgehead atoms. The molecule has 0 unspecified atom stereocenters. The number of nitrogens with zero attached hydrogens (tertiary/aromatic N) is 2. The van der Waals surface area contributed by atoms with Gasteiger partial charge in [-0.3, -0.25) is 19.9 Å². The monoisotopic (exact) mass is 258 g/mol. The summed E-state index contributed by atoms with van der Waals surface area (Å²) in [6, 6.07) is 0. The van der Waals surface area contributed by atoms with Gasteiger partial charge in [0.15, 0.2) is 0 Å². The second-order valence-electron chi connectivity index (χ2n) is 4.29. The Hall–Kier alpha value is -1.22. The lowest BCUT2D eigenvalue weighted by molar-refractivity contribution is -0.120. The molecule has 1 aliphatic heterocycles. The number of hydrazine groups is 1. The van der Waals surface area contributed by atoms with Crippen LogP contribution in [-0.4, -0.2) is 74.1 Å². The van der Waals surface area contributed by atoms with E-state index in [0.717, 1.165) is 19.6 Å². The smallest absolute Gasteiger partial charge is 0.233 e. The van der Waals surface area contributed by atoms with Crippen molar-refractivity contribution in [2.24, 2.45) is 11.5 Å². The maximum atomic E-state index is 10.9. The number of nitrogens with one attached hydrogen (secondary N) is 2. The molecule has 0 atom stereocenters. The van der Waals surface area contributed by atoms with Crippen LogP contribution in [0.25, 0.3) is 0 Å². The SMILES string of the molecule is NC(=O)CN1CCNCCN(CC(N)=O)NCC1. The topological polar surface area (TPSA) is 117 Å². The summed E-state index contributed by atoms with van der Waals surface area (Å²) >= 11 is 0. The predicted molar refractivity (Wildman–Crippen MR) is 67.3 cm³/mol. The van der Waals surface area contributed by atoms with Crippen LogP contribution in [0.3, 0.4) is 0 Å². The summed E-state index contributed by atoms with van der Waals surface area (Å²) < 4.78 is 0. The van der Waals surface area contributed by atoms with Gasteiger partial charge in [0.05, 0.1) is 13.1 Å². The second-order valence-corrected chi connectivity index (χ2v) is 4.29. The van der Waals surface area contributed by atoms with Gasteiger partial charge in [0.2, 0.25) is 11.8 Å². The summed E-state index contributed by atoms with van der Waals surface area (Å²) in [5.74, 6) is -0.699. The number of primary amides is 2. The summed E-state index contributed by atoms with van der Waals surface area (Å²) in [5.41, 5.74) is 13.5. The van der Waals surface area contributed by atoms with Crippen molar-refractivity contribution in [3.8, 4) is 0 Å². The van der Waals surface area contributed by atoms with E-state index in [2.05, 4.69) is 10.7 Å². The quantitative estimate of drug-likeness (QED) is 0.419. The van der Waals surface area contributed by atoms with Gasteiger partial charge in [0, 0.05) is 39.3 Å². The van der Waals surface area contributed by atoms with E-state index in [1.165, 1.54) is 0 Å². The van der Waals surface area contributed by atoms with Crippen molar-refractivity contribution < 1.29 is 9.59 Å². The molecule has 0 aliphatic carbocycles. The van der Waals surface area contributed by atoms with Gasteiger partial charge in [-0.25, -0.2) is 5.01 Å². The summed E-state index contributed by atoms with van der Waals surface area (Å²) in [5, 5.41) is 5.01. The van der Waals surface area contributed by atoms with Crippen molar-refractivity contribution in [2.45, 2.75) is 0 Å². The van der Waals surface area contributed by atoms with Crippen LogP contribution in [-0.2, 0) is 9.59 Å². The first-order chi connectivity index (χ1) is 8.58. The predicted octanol–water partition coefficient (Wildman–Crippen LogP) is -3.33. The number of amides is 2. The molecular formula is C10H22N6O2. The fraction of sp³-hybridized carbons (Fsp3) is 0.800. The first-order valence-corrected chi connectivity index (χ1v) is 6.06. The highest BCUT2D eigenvalue weighted by molar-refractivity contribution is 5.76. The highest BCUT2D eigenvalue weighted by Gasteiger charge is 2.12. The maximum Gasteiger partial charge on any atom is 0.233 e. The van der Waals surface area contributed by atoms with Crippen LogP contribution >= 0.6 is 0 Å². The Bertz CT molecular complexity index is 260. The molecule has 0 spiro atoms. The Balaban J connectivity index is 2.41. The van der Waals surface area contributed by atoms with E-state index in [1.54, 1.807) is 5.01 Å². The molecule has 1 aliphatic rings. The lowest BCUT2D eigenvalue weighted by Crippen LogP contribution is -2.51. The molecule has 1 heterocycles. The Labute approximate surface area is 107 Å². The lowest BCUT2D eigenvalue weighted by atomic mass is 10.4. The number of carbonyl (C=O) groups is 2. The molecule has 2 amide bonds. The van der Waals surface area contributed by atoms with Crippen molar-refractivity contribution in [3.63, 3.8) is 0 Å². The van der Waals surface area contributed by atoms with E-state index in [-0.39, 0.29) is 24.9 Å². The highest BCUT2D eigenvalue weighted by Crippen LogP contribution is 1.89. The number of nitrogens with two attached hydrogens (primary N) is 2. The van der Waals surface area contributed by atoms with Crippen molar-refractivity contribution in [1.82, 2.24) is 20.7 Å². The van der Waals surface area contributed by atoms with E-state index < -0.39 is 0 Å². The lowest BCUT2D eigenvalue weighted by Gasteiger charge is -2.27. The van der Waals surface area contributed by atoms with Crippen LogP contribution in [0.2, 0.25) is 0 Å². The first kappa shape index (κ1) is 14.8. The van der Waals surface area contributed by atoms with E-state index in [4.69, 9.17) is 11.5 Å². The third-order valence-electron chi connectivity index (χ3n) is 2.65. The van der Waals surface area contributed by atoms with Crippen LogP contribution in [0.1, 0.15) is 0 Å². The zero-order valence-corrected chi connectivity index (χ0v) is 10.5. The molecule has 1 saturated heterocycles. The van der Waals surface area contributed by atoms with Crippen LogP contribution in [0.15, 0.2) is 0 Å². The molecule has 1 rings (SSSR count). The van der Waals surface area contributed by atoms with E-state index >= 15 is 0 Å². The van der Waals surface area contributed by atoms with Gasteiger partial charge in [-0.05, 0) is 0 Å². The van der Waals surface area contributed by atoms with Crippen molar-refractivity contribution in [3.05, 3.63) is 0 Å². The van der Waals surface area contributed by atoms with Crippen molar-refractivity contribution in [2.75, 3.05) is 52.4 Å².